The van der Waals surface area contributed by atoms with Gasteiger partial charge in [-0.1, -0.05) is 15.9 Å². The molecule has 1 saturated heterocycles. The van der Waals surface area contributed by atoms with Crippen molar-refractivity contribution in [1.29, 1.82) is 0 Å². The lowest BCUT2D eigenvalue weighted by atomic mass is 10.3. The lowest BCUT2D eigenvalue weighted by Crippen LogP contribution is -2.43. The van der Waals surface area contributed by atoms with Crippen LogP contribution in [0.15, 0.2) is 28.7 Å². The Bertz CT molecular complexity index is 545. The van der Waals surface area contributed by atoms with Gasteiger partial charge in [-0.05, 0) is 24.3 Å². The molecule has 0 saturated carbocycles. The molecule has 1 aromatic rings. The summed E-state index contributed by atoms with van der Waals surface area (Å²) in [7, 11) is 0. The first-order valence-corrected chi connectivity index (χ1v) is 8.95. The van der Waals surface area contributed by atoms with Gasteiger partial charge in [-0.3, -0.25) is 14.5 Å². The Morgan fingerprint density at radius 3 is 2.50 bits per heavy atom. The lowest BCUT2D eigenvalue weighted by molar-refractivity contribution is -0.129. The number of nitrogens with one attached hydrogen (secondary N) is 1. The molecule has 2 rings (SSSR count). The van der Waals surface area contributed by atoms with E-state index >= 15 is 0 Å². The van der Waals surface area contributed by atoms with Crippen molar-refractivity contribution >= 4 is 33.4 Å². The van der Waals surface area contributed by atoms with Crippen LogP contribution in [0.5, 0.6) is 0 Å². The highest BCUT2D eigenvalue weighted by Gasteiger charge is 2.15. The van der Waals surface area contributed by atoms with E-state index in [9.17, 15) is 9.59 Å². The lowest BCUT2D eigenvalue weighted by Gasteiger charge is -2.29. The molecule has 0 unspecified atom stereocenters. The molecule has 132 valence electrons. The minimum atomic E-state index is -0.0880. The Morgan fingerprint density at radius 1 is 1.21 bits per heavy atom. The van der Waals surface area contributed by atoms with Crippen molar-refractivity contribution in [1.82, 2.24) is 9.80 Å². The van der Waals surface area contributed by atoms with E-state index in [0.717, 1.165) is 43.0 Å². The quantitative estimate of drug-likeness (QED) is 0.763. The van der Waals surface area contributed by atoms with Gasteiger partial charge in [0.25, 0.3) is 0 Å². The summed E-state index contributed by atoms with van der Waals surface area (Å²) in [6, 6.07) is 7.42. The minimum Gasteiger partial charge on any atom is -0.379 e. The number of carbonyl (C=O) groups excluding carboxylic acids is 2. The van der Waals surface area contributed by atoms with Gasteiger partial charge in [0, 0.05) is 56.2 Å². The Kier molecular flexibility index (Phi) is 7.68. The predicted molar refractivity (Wildman–Crippen MR) is 96.9 cm³/mol. The summed E-state index contributed by atoms with van der Waals surface area (Å²) in [5, 5.41) is 2.84. The highest BCUT2D eigenvalue weighted by atomic mass is 79.9. The van der Waals surface area contributed by atoms with Gasteiger partial charge in [-0.2, -0.15) is 0 Å². The molecule has 1 heterocycles. The Morgan fingerprint density at radius 2 is 1.88 bits per heavy atom. The van der Waals surface area contributed by atoms with Crippen LogP contribution in [-0.4, -0.2) is 67.6 Å². The predicted octanol–water partition coefficient (Wildman–Crippen LogP) is 1.96. The molecule has 0 atom stereocenters. The fourth-order valence-corrected chi connectivity index (χ4v) is 2.77. The van der Waals surface area contributed by atoms with Crippen LogP contribution in [0.4, 0.5) is 5.69 Å². The van der Waals surface area contributed by atoms with Gasteiger partial charge in [0.05, 0.1) is 13.2 Å². The molecule has 0 bridgehead atoms. The van der Waals surface area contributed by atoms with E-state index < -0.39 is 0 Å². The molecule has 0 aromatic heterocycles. The number of morpholine rings is 1. The maximum Gasteiger partial charge on any atom is 0.226 e. The molecule has 1 aliphatic rings. The van der Waals surface area contributed by atoms with Crippen molar-refractivity contribution in [3.8, 4) is 0 Å². The van der Waals surface area contributed by atoms with Crippen LogP contribution >= 0.6 is 15.9 Å². The van der Waals surface area contributed by atoms with E-state index in [4.69, 9.17) is 4.74 Å². The minimum absolute atomic E-state index is 0.000277. The number of hydrogen-bond acceptors (Lipinski definition) is 4. The molecule has 24 heavy (non-hydrogen) atoms. The average Bonchev–Trinajstić information content (AvgIpc) is 2.57. The normalized spacial score (nSPS) is 15.1. The standard InChI is InChI=1S/C17H24BrN3O3/c1-14(22)21(9-8-20-10-12-24-13-11-20)7-6-17(23)19-16-4-2-15(18)3-5-16/h2-5H,6-13H2,1H3,(H,19,23). The number of rotatable bonds is 7. The molecule has 1 aliphatic heterocycles. The summed E-state index contributed by atoms with van der Waals surface area (Å²) < 4.78 is 6.28. The summed E-state index contributed by atoms with van der Waals surface area (Å²) in [4.78, 5) is 27.8. The molecule has 7 heteroatoms. The number of carbonyl (C=O) groups is 2. The molecule has 1 N–H and O–H groups in total. The fraction of sp³-hybridized carbons (Fsp3) is 0.529. The third kappa shape index (κ3) is 6.59. The summed E-state index contributed by atoms with van der Waals surface area (Å²) in [5.74, 6) is -0.0883. The van der Waals surface area contributed by atoms with E-state index in [1.807, 2.05) is 24.3 Å². The third-order valence-corrected chi connectivity index (χ3v) is 4.50. The maximum absolute atomic E-state index is 12.0. The first-order valence-electron chi connectivity index (χ1n) is 8.15. The summed E-state index contributed by atoms with van der Waals surface area (Å²) in [6.07, 6.45) is 0.290. The third-order valence-electron chi connectivity index (χ3n) is 3.97. The van der Waals surface area contributed by atoms with Crippen molar-refractivity contribution in [3.05, 3.63) is 28.7 Å². The summed E-state index contributed by atoms with van der Waals surface area (Å²) >= 11 is 3.36. The number of halogens is 1. The van der Waals surface area contributed by atoms with Gasteiger partial charge >= 0.3 is 0 Å². The number of nitrogens with zero attached hydrogens (tertiary/aromatic N) is 2. The van der Waals surface area contributed by atoms with Gasteiger partial charge in [0.1, 0.15) is 0 Å². The zero-order valence-electron chi connectivity index (χ0n) is 14.0. The smallest absolute Gasteiger partial charge is 0.226 e. The van der Waals surface area contributed by atoms with Gasteiger partial charge < -0.3 is 15.0 Å². The van der Waals surface area contributed by atoms with E-state index in [1.165, 1.54) is 0 Å². The number of ether oxygens (including phenoxy) is 1. The SMILES string of the molecule is CC(=O)N(CCC(=O)Nc1ccc(Br)cc1)CCN1CCOCC1. The van der Waals surface area contributed by atoms with Crippen molar-refractivity contribution in [3.63, 3.8) is 0 Å². The van der Waals surface area contributed by atoms with Gasteiger partial charge in [0.2, 0.25) is 11.8 Å². The molecule has 1 aromatic carbocycles. The number of amides is 2. The van der Waals surface area contributed by atoms with E-state index in [0.29, 0.717) is 19.5 Å². The first kappa shape index (κ1) is 18.9. The highest BCUT2D eigenvalue weighted by Crippen LogP contribution is 2.14. The van der Waals surface area contributed by atoms with Gasteiger partial charge in [-0.25, -0.2) is 0 Å². The zero-order valence-corrected chi connectivity index (χ0v) is 15.5. The maximum atomic E-state index is 12.0. The summed E-state index contributed by atoms with van der Waals surface area (Å²) in [6.45, 7) is 6.73. The van der Waals surface area contributed by atoms with Crippen LogP contribution in [0.3, 0.4) is 0 Å². The van der Waals surface area contributed by atoms with Gasteiger partial charge in [0.15, 0.2) is 0 Å². The van der Waals surface area contributed by atoms with E-state index in [2.05, 4.69) is 26.1 Å². The molecular formula is C17H24BrN3O3. The average molecular weight is 398 g/mol. The van der Waals surface area contributed by atoms with Crippen molar-refractivity contribution in [2.45, 2.75) is 13.3 Å². The molecule has 0 radical (unpaired) electrons. The molecule has 0 spiro atoms. The molecular weight excluding hydrogens is 374 g/mol. The van der Waals surface area contributed by atoms with Crippen LogP contribution in [0.2, 0.25) is 0 Å². The molecule has 1 fully saturated rings. The second-order valence-corrected chi connectivity index (χ2v) is 6.68. The number of anilines is 1. The van der Waals surface area contributed by atoms with Crippen LogP contribution in [0.1, 0.15) is 13.3 Å². The monoisotopic (exact) mass is 397 g/mol. The first-order chi connectivity index (χ1) is 11.5. The Hall–Kier alpha value is -1.44. The van der Waals surface area contributed by atoms with E-state index in [1.54, 1.807) is 11.8 Å². The van der Waals surface area contributed by atoms with Crippen LogP contribution in [0, 0.1) is 0 Å². The Balaban J connectivity index is 1.74. The topological polar surface area (TPSA) is 61.9 Å². The highest BCUT2D eigenvalue weighted by molar-refractivity contribution is 9.10. The summed E-state index contributed by atoms with van der Waals surface area (Å²) in [5.41, 5.74) is 0.755. The van der Waals surface area contributed by atoms with Crippen LogP contribution in [0.25, 0.3) is 0 Å². The molecule has 2 amide bonds. The zero-order chi connectivity index (χ0) is 17.4. The molecule has 0 aliphatic carbocycles. The second-order valence-electron chi connectivity index (χ2n) is 5.77. The van der Waals surface area contributed by atoms with Crippen molar-refractivity contribution in [2.75, 3.05) is 51.3 Å². The number of hydrogen-bond donors (Lipinski definition) is 1. The van der Waals surface area contributed by atoms with Crippen LogP contribution < -0.4 is 5.32 Å². The number of benzene rings is 1. The van der Waals surface area contributed by atoms with Gasteiger partial charge in [-0.15, -0.1) is 0 Å². The Labute approximate surface area is 151 Å². The van der Waals surface area contributed by atoms with E-state index in [-0.39, 0.29) is 11.8 Å². The van der Waals surface area contributed by atoms with Crippen molar-refractivity contribution < 1.29 is 14.3 Å². The fourth-order valence-electron chi connectivity index (χ4n) is 2.51. The largest absolute Gasteiger partial charge is 0.379 e. The van der Waals surface area contributed by atoms with Crippen molar-refractivity contribution in [2.24, 2.45) is 0 Å². The molecule has 6 nitrogen and oxygen atoms in total. The van der Waals surface area contributed by atoms with Crippen LogP contribution in [-0.2, 0) is 14.3 Å². The second kappa shape index (κ2) is 9.76.